The molecule has 4 aliphatic rings. The van der Waals surface area contributed by atoms with E-state index in [0.717, 1.165) is 36.0 Å². The molecule has 1 saturated heterocycles. The maximum absolute atomic E-state index is 13.3. The van der Waals surface area contributed by atoms with Crippen molar-refractivity contribution in [2.24, 2.45) is 11.8 Å². The smallest absolute Gasteiger partial charge is 0.276 e. The molecule has 1 aliphatic heterocycles. The number of hydrogen-bond acceptors (Lipinski definition) is 4. The highest BCUT2D eigenvalue weighted by atomic mass is 35.5. The molecule has 0 radical (unpaired) electrons. The van der Waals surface area contributed by atoms with E-state index >= 15 is 0 Å². The second-order valence-corrected chi connectivity index (χ2v) is 10.3. The van der Waals surface area contributed by atoms with Crippen LogP contribution >= 0.6 is 11.6 Å². The van der Waals surface area contributed by atoms with Crippen molar-refractivity contribution in [1.29, 1.82) is 0 Å². The van der Waals surface area contributed by atoms with Gasteiger partial charge >= 0.3 is 0 Å². The van der Waals surface area contributed by atoms with Crippen LogP contribution in [0, 0.1) is 11.8 Å². The Morgan fingerprint density at radius 1 is 1.13 bits per heavy atom. The highest BCUT2D eigenvalue weighted by molar-refractivity contribution is 6.37. The number of anilines is 1. The molecule has 3 heterocycles. The molecule has 2 amide bonds. The summed E-state index contributed by atoms with van der Waals surface area (Å²) in [5.74, 6) is 2.94. The number of hydrogen-bond donors (Lipinski definition) is 0. The molecule has 0 spiro atoms. The van der Waals surface area contributed by atoms with Crippen LogP contribution in [0.3, 0.4) is 0 Å². The molecular formula is C23H28ClN5O2. The fraction of sp³-hybridized carbons (Fsp3) is 0.609. The van der Waals surface area contributed by atoms with Crippen molar-refractivity contribution < 1.29 is 9.59 Å². The molecule has 0 aromatic carbocycles. The fourth-order valence-electron chi connectivity index (χ4n) is 5.56. The van der Waals surface area contributed by atoms with Crippen LogP contribution in [-0.4, -0.2) is 71.0 Å². The van der Waals surface area contributed by atoms with Gasteiger partial charge in [-0.15, -0.1) is 0 Å². The highest BCUT2D eigenvalue weighted by Crippen LogP contribution is 2.53. The van der Waals surface area contributed by atoms with E-state index < -0.39 is 0 Å². The minimum atomic E-state index is -0.256. The van der Waals surface area contributed by atoms with E-state index in [-0.39, 0.29) is 24.1 Å². The van der Waals surface area contributed by atoms with Crippen LogP contribution in [0.25, 0.3) is 5.52 Å². The summed E-state index contributed by atoms with van der Waals surface area (Å²) in [5.41, 5.74) is 2.24. The van der Waals surface area contributed by atoms with E-state index in [4.69, 9.17) is 11.6 Å². The second-order valence-electron chi connectivity index (χ2n) is 9.97. The summed E-state index contributed by atoms with van der Waals surface area (Å²) >= 11 is 6.69. The molecule has 3 aliphatic carbocycles. The van der Waals surface area contributed by atoms with Crippen LogP contribution in [0.4, 0.5) is 5.82 Å². The highest BCUT2D eigenvalue weighted by Gasteiger charge is 2.49. The first kappa shape index (κ1) is 19.4. The van der Waals surface area contributed by atoms with Crippen molar-refractivity contribution in [2.75, 3.05) is 38.6 Å². The lowest BCUT2D eigenvalue weighted by Crippen LogP contribution is -2.55. The van der Waals surface area contributed by atoms with Gasteiger partial charge in [0.25, 0.3) is 5.91 Å². The third-order valence-electron chi connectivity index (χ3n) is 7.59. The van der Waals surface area contributed by atoms with Crippen molar-refractivity contribution in [3.8, 4) is 0 Å². The number of piperazine rings is 1. The van der Waals surface area contributed by atoms with Gasteiger partial charge in [0, 0.05) is 33.2 Å². The molecule has 0 bridgehead atoms. The van der Waals surface area contributed by atoms with Crippen LogP contribution in [0.2, 0.25) is 5.02 Å². The topological polar surface area (TPSA) is 61.2 Å². The number of carbonyl (C=O) groups excluding carboxylic acids is 2. The van der Waals surface area contributed by atoms with E-state index in [2.05, 4.69) is 17.2 Å². The van der Waals surface area contributed by atoms with Crippen LogP contribution < -0.4 is 4.90 Å². The standard InChI is InChI=1S/C23H28ClN5O2/c1-26(2)19-11-16(13-3-4-13)10-18-21(24)22(25-29(18)19)23(31)27-5-6-28(20(30)12-27)17-8-14-7-15(14)9-17/h10-11,13-15,17H,3-9,12H2,1-2H3. The number of amides is 2. The number of carbonyl (C=O) groups is 2. The van der Waals surface area contributed by atoms with Gasteiger partial charge in [-0.1, -0.05) is 11.6 Å². The predicted molar refractivity (Wildman–Crippen MR) is 119 cm³/mol. The Labute approximate surface area is 186 Å². The third kappa shape index (κ3) is 3.20. The molecule has 6 rings (SSSR count). The molecule has 164 valence electrons. The van der Waals surface area contributed by atoms with E-state index in [1.165, 1.54) is 24.8 Å². The van der Waals surface area contributed by atoms with Gasteiger partial charge < -0.3 is 14.7 Å². The number of nitrogens with zero attached hydrogens (tertiary/aromatic N) is 5. The number of aromatic nitrogens is 2. The predicted octanol–water partition coefficient (Wildman–Crippen LogP) is 3.01. The van der Waals surface area contributed by atoms with Gasteiger partial charge in [-0.3, -0.25) is 9.59 Å². The summed E-state index contributed by atoms with van der Waals surface area (Å²) in [5, 5.41) is 4.97. The molecule has 8 heteroatoms. The van der Waals surface area contributed by atoms with E-state index in [0.29, 0.717) is 30.1 Å². The SMILES string of the molecule is CN(C)c1cc(C2CC2)cc2c(Cl)c(C(=O)N3CCN(C4CC5CC5C4)C(=O)C3)nn12. The molecule has 4 fully saturated rings. The monoisotopic (exact) mass is 441 g/mol. The van der Waals surface area contributed by atoms with Crippen LogP contribution in [-0.2, 0) is 4.79 Å². The van der Waals surface area contributed by atoms with Crippen molar-refractivity contribution >= 4 is 34.7 Å². The largest absolute Gasteiger partial charge is 0.363 e. The van der Waals surface area contributed by atoms with Gasteiger partial charge in [0.1, 0.15) is 12.4 Å². The Bertz CT molecular complexity index is 1080. The summed E-state index contributed by atoms with van der Waals surface area (Å²) in [7, 11) is 3.93. The van der Waals surface area contributed by atoms with Gasteiger partial charge in [0.2, 0.25) is 5.91 Å². The number of rotatable bonds is 4. The summed E-state index contributed by atoms with van der Waals surface area (Å²) in [6.45, 7) is 1.26. The first-order valence-corrected chi connectivity index (χ1v) is 11.8. The quantitative estimate of drug-likeness (QED) is 0.731. The molecule has 2 unspecified atom stereocenters. The van der Waals surface area contributed by atoms with E-state index in [1.807, 2.05) is 23.9 Å². The van der Waals surface area contributed by atoms with Crippen LogP contribution in [0.15, 0.2) is 12.1 Å². The Morgan fingerprint density at radius 3 is 2.52 bits per heavy atom. The summed E-state index contributed by atoms with van der Waals surface area (Å²) < 4.78 is 1.75. The minimum Gasteiger partial charge on any atom is -0.363 e. The van der Waals surface area contributed by atoms with Gasteiger partial charge in [-0.25, -0.2) is 4.52 Å². The molecule has 3 saturated carbocycles. The van der Waals surface area contributed by atoms with Crippen LogP contribution in [0.1, 0.15) is 54.1 Å². The maximum atomic E-state index is 13.3. The third-order valence-corrected chi connectivity index (χ3v) is 7.96. The lowest BCUT2D eigenvalue weighted by Gasteiger charge is -2.38. The lowest BCUT2D eigenvalue weighted by atomic mass is 10.1. The zero-order valence-electron chi connectivity index (χ0n) is 18.1. The van der Waals surface area contributed by atoms with E-state index in [1.54, 1.807) is 9.42 Å². The maximum Gasteiger partial charge on any atom is 0.276 e. The lowest BCUT2D eigenvalue weighted by molar-refractivity contribution is -0.137. The van der Waals surface area contributed by atoms with Crippen molar-refractivity contribution in [3.63, 3.8) is 0 Å². The second kappa shape index (κ2) is 6.86. The zero-order chi connectivity index (χ0) is 21.4. The molecular weight excluding hydrogens is 414 g/mol. The summed E-state index contributed by atoms with van der Waals surface area (Å²) in [6, 6.07) is 4.57. The first-order valence-electron chi connectivity index (χ1n) is 11.4. The van der Waals surface area contributed by atoms with Crippen molar-refractivity contribution in [3.05, 3.63) is 28.4 Å². The number of fused-ring (bicyclic) bond motifs is 2. The number of halogens is 1. The van der Waals surface area contributed by atoms with Gasteiger partial charge in [-0.05, 0) is 67.6 Å². The Morgan fingerprint density at radius 2 is 1.87 bits per heavy atom. The van der Waals surface area contributed by atoms with Crippen molar-refractivity contribution in [1.82, 2.24) is 19.4 Å². The first-order chi connectivity index (χ1) is 14.9. The fourth-order valence-corrected chi connectivity index (χ4v) is 5.81. The average Bonchev–Trinajstić information content (AvgIpc) is 3.67. The molecule has 2 aromatic rings. The van der Waals surface area contributed by atoms with Gasteiger partial charge in [0.05, 0.1) is 10.5 Å². The van der Waals surface area contributed by atoms with Crippen LogP contribution in [0.5, 0.6) is 0 Å². The Hall–Kier alpha value is -2.28. The normalized spacial score (nSPS) is 27.7. The van der Waals surface area contributed by atoms with Crippen molar-refractivity contribution in [2.45, 2.75) is 44.1 Å². The minimum absolute atomic E-state index is 0.0517. The molecule has 7 nitrogen and oxygen atoms in total. The Balaban J connectivity index is 1.26. The van der Waals surface area contributed by atoms with Gasteiger partial charge in [0.15, 0.2) is 5.69 Å². The molecule has 2 atom stereocenters. The summed E-state index contributed by atoms with van der Waals surface area (Å²) in [4.78, 5) is 31.8. The zero-order valence-corrected chi connectivity index (χ0v) is 18.8. The molecule has 2 aromatic heterocycles. The average molecular weight is 442 g/mol. The molecule has 31 heavy (non-hydrogen) atoms. The number of pyridine rings is 1. The summed E-state index contributed by atoms with van der Waals surface area (Å²) in [6.07, 6.45) is 6.00. The van der Waals surface area contributed by atoms with E-state index in [9.17, 15) is 9.59 Å². The van der Waals surface area contributed by atoms with Gasteiger partial charge in [-0.2, -0.15) is 5.10 Å². The Kier molecular flexibility index (Phi) is 4.29. The molecule has 0 N–H and O–H groups in total.